The van der Waals surface area contributed by atoms with Crippen molar-refractivity contribution in [3.8, 4) is 5.75 Å². The molecular weight excluding hydrogens is 304 g/mol. The lowest BCUT2D eigenvalue weighted by Crippen LogP contribution is -2.24. The summed E-state index contributed by atoms with van der Waals surface area (Å²) in [5.41, 5.74) is 1.31. The Kier molecular flexibility index (Phi) is 4.02. The molecule has 0 unspecified atom stereocenters. The summed E-state index contributed by atoms with van der Waals surface area (Å²) >= 11 is 0.740. The van der Waals surface area contributed by atoms with E-state index in [0.29, 0.717) is 5.56 Å². The number of phenolic OH excluding ortho intramolecular Hbond substituents is 1. The van der Waals surface area contributed by atoms with Gasteiger partial charge in [0.25, 0.3) is 10.0 Å². The van der Waals surface area contributed by atoms with E-state index in [1.165, 1.54) is 17.6 Å². The largest absolute Gasteiger partial charge is 0.508 e. The molecule has 106 valence electrons. The van der Waals surface area contributed by atoms with E-state index >= 15 is 0 Å². The van der Waals surface area contributed by atoms with E-state index in [4.69, 9.17) is 10.2 Å². The van der Waals surface area contributed by atoms with Crippen LogP contribution >= 0.6 is 11.3 Å². The van der Waals surface area contributed by atoms with Crippen LogP contribution in [0, 0.1) is 0 Å². The maximum absolute atomic E-state index is 12.0. The second-order valence-electron chi connectivity index (χ2n) is 3.78. The lowest BCUT2D eigenvalue weighted by molar-refractivity contribution is 0.0687. The summed E-state index contributed by atoms with van der Waals surface area (Å²) in [4.78, 5) is 14.4. The number of nitrogens with one attached hydrogen (secondary N) is 1. The van der Waals surface area contributed by atoms with Crippen LogP contribution in [0.5, 0.6) is 5.75 Å². The molecule has 0 spiro atoms. The molecule has 0 aliphatic carbocycles. The van der Waals surface area contributed by atoms with E-state index in [0.717, 1.165) is 11.3 Å². The highest BCUT2D eigenvalue weighted by Crippen LogP contribution is 2.20. The van der Waals surface area contributed by atoms with Crippen molar-refractivity contribution < 1.29 is 23.4 Å². The molecule has 7 nitrogen and oxygen atoms in total. The number of hydrogen-bond donors (Lipinski definition) is 3. The monoisotopic (exact) mass is 314 g/mol. The van der Waals surface area contributed by atoms with Crippen molar-refractivity contribution in [3.05, 3.63) is 41.0 Å². The number of thiazole rings is 1. The number of carbonyl (C=O) groups is 1. The van der Waals surface area contributed by atoms with Crippen LogP contribution in [-0.4, -0.2) is 29.6 Å². The van der Waals surface area contributed by atoms with Gasteiger partial charge in [-0.05, 0) is 17.7 Å². The summed E-state index contributed by atoms with van der Waals surface area (Å²) in [7, 11) is -3.94. The van der Waals surface area contributed by atoms with Crippen molar-refractivity contribution in [2.45, 2.75) is 10.8 Å². The molecule has 0 bridgehead atoms. The molecule has 0 atom stereocenters. The molecule has 0 saturated heterocycles. The summed E-state index contributed by atoms with van der Waals surface area (Å²) in [6.07, 6.45) is 0. The minimum atomic E-state index is -3.94. The fraction of sp³-hybridized carbons (Fsp3) is 0.0909. The Bertz CT molecular complexity index is 722. The summed E-state index contributed by atoms with van der Waals surface area (Å²) in [6, 6.07) is 5.98. The van der Waals surface area contributed by atoms with Gasteiger partial charge in [-0.25, -0.2) is 22.9 Å². The lowest BCUT2D eigenvalue weighted by Gasteiger charge is -2.05. The number of aromatic nitrogens is 1. The number of nitrogens with zero attached hydrogens (tertiary/aromatic N) is 1. The fourth-order valence-electron chi connectivity index (χ4n) is 1.43. The van der Waals surface area contributed by atoms with Gasteiger partial charge in [0.1, 0.15) is 5.75 Å². The third-order valence-electron chi connectivity index (χ3n) is 2.38. The molecule has 0 saturated carbocycles. The van der Waals surface area contributed by atoms with Gasteiger partial charge in [0, 0.05) is 6.54 Å². The van der Waals surface area contributed by atoms with E-state index in [2.05, 4.69) is 9.71 Å². The third kappa shape index (κ3) is 3.13. The van der Waals surface area contributed by atoms with Crippen molar-refractivity contribution in [1.29, 1.82) is 0 Å². The van der Waals surface area contributed by atoms with Gasteiger partial charge >= 0.3 is 5.97 Å². The van der Waals surface area contributed by atoms with Gasteiger partial charge in [-0.1, -0.05) is 12.1 Å². The van der Waals surface area contributed by atoms with E-state index in [-0.39, 0.29) is 16.5 Å². The molecule has 1 aromatic heterocycles. The zero-order chi connectivity index (χ0) is 14.8. The molecule has 1 heterocycles. The van der Waals surface area contributed by atoms with E-state index in [1.54, 1.807) is 12.1 Å². The Morgan fingerprint density at radius 1 is 1.30 bits per heavy atom. The number of hydrogen-bond acceptors (Lipinski definition) is 6. The van der Waals surface area contributed by atoms with Gasteiger partial charge in [-0.2, -0.15) is 0 Å². The summed E-state index contributed by atoms with van der Waals surface area (Å²) in [5, 5.41) is 18.0. The van der Waals surface area contributed by atoms with Crippen LogP contribution in [0.15, 0.2) is 34.0 Å². The van der Waals surface area contributed by atoms with Gasteiger partial charge in [0.05, 0.1) is 5.51 Å². The van der Waals surface area contributed by atoms with Crippen LogP contribution in [0.1, 0.15) is 16.1 Å². The Morgan fingerprint density at radius 3 is 2.55 bits per heavy atom. The number of carboxylic acids is 1. The minimum Gasteiger partial charge on any atom is -0.508 e. The molecule has 2 aromatic rings. The van der Waals surface area contributed by atoms with Crippen molar-refractivity contribution in [3.63, 3.8) is 0 Å². The summed E-state index contributed by atoms with van der Waals surface area (Å²) < 4.78 is 26.0. The molecule has 0 amide bonds. The number of aromatic hydroxyl groups is 1. The number of rotatable bonds is 5. The highest BCUT2D eigenvalue weighted by atomic mass is 32.2. The van der Waals surface area contributed by atoms with Crippen molar-refractivity contribution in [2.75, 3.05) is 0 Å². The van der Waals surface area contributed by atoms with Crippen LogP contribution in [-0.2, 0) is 16.6 Å². The fourth-order valence-corrected chi connectivity index (χ4v) is 3.63. The molecule has 1 aromatic carbocycles. The topological polar surface area (TPSA) is 117 Å². The Hall–Kier alpha value is -1.97. The van der Waals surface area contributed by atoms with Crippen LogP contribution in [0.4, 0.5) is 0 Å². The molecule has 0 fully saturated rings. The van der Waals surface area contributed by atoms with Crippen LogP contribution in [0.3, 0.4) is 0 Å². The predicted molar refractivity (Wildman–Crippen MR) is 71.2 cm³/mol. The van der Waals surface area contributed by atoms with Gasteiger partial charge < -0.3 is 10.2 Å². The first-order chi connectivity index (χ1) is 9.40. The molecule has 0 aliphatic heterocycles. The smallest absolute Gasteiger partial charge is 0.356 e. The van der Waals surface area contributed by atoms with E-state index in [9.17, 15) is 13.2 Å². The normalized spacial score (nSPS) is 11.4. The van der Waals surface area contributed by atoms with Gasteiger partial charge in [-0.3, -0.25) is 0 Å². The second kappa shape index (κ2) is 5.57. The van der Waals surface area contributed by atoms with Crippen LogP contribution < -0.4 is 4.72 Å². The van der Waals surface area contributed by atoms with Gasteiger partial charge in [-0.15, -0.1) is 11.3 Å². The van der Waals surface area contributed by atoms with Crippen LogP contribution in [0.2, 0.25) is 0 Å². The number of benzene rings is 1. The molecule has 0 radical (unpaired) electrons. The zero-order valence-corrected chi connectivity index (χ0v) is 11.6. The van der Waals surface area contributed by atoms with Crippen LogP contribution in [0.25, 0.3) is 0 Å². The highest BCUT2D eigenvalue weighted by molar-refractivity contribution is 7.91. The average Bonchev–Trinajstić information content (AvgIpc) is 2.88. The quantitative estimate of drug-likeness (QED) is 0.759. The number of aromatic carboxylic acids is 1. The molecule has 0 aliphatic rings. The predicted octanol–water partition coefficient (Wildman–Crippen LogP) is 1.03. The summed E-state index contributed by atoms with van der Waals surface area (Å²) in [5.74, 6) is -1.32. The Labute approximate surface area is 118 Å². The molecule has 9 heteroatoms. The van der Waals surface area contributed by atoms with Gasteiger partial charge in [0.15, 0.2) is 9.90 Å². The van der Waals surface area contributed by atoms with Gasteiger partial charge in [0.2, 0.25) is 0 Å². The first-order valence-electron chi connectivity index (χ1n) is 5.34. The first kappa shape index (κ1) is 14.4. The van der Waals surface area contributed by atoms with E-state index < -0.39 is 21.7 Å². The van der Waals surface area contributed by atoms with E-state index in [1.807, 2.05) is 0 Å². The number of sulfonamides is 1. The Morgan fingerprint density at radius 2 is 1.95 bits per heavy atom. The number of phenols is 1. The molecule has 2 rings (SSSR count). The molecule has 3 N–H and O–H groups in total. The standard InChI is InChI=1S/C11H10N2O5S2/c14-8-3-1-7(2-4-8)5-13-20(17,18)11-9(10(15)16)12-6-19-11/h1-4,6,13-14H,5H2,(H,15,16). The Balaban J connectivity index is 2.17. The average molecular weight is 314 g/mol. The molecular formula is C11H10N2O5S2. The maximum atomic E-state index is 12.0. The van der Waals surface area contributed by atoms with Crippen molar-refractivity contribution >= 4 is 27.3 Å². The third-order valence-corrected chi connectivity index (χ3v) is 5.16. The lowest BCUT2D eigenvalue weighted by atomic mass is 10.2. The van der Waals surface area contributed by atoms with Crippen molar-refractivity contribution in [2.24, 2.45) is 0 Å². The minimum absolute atomic E-state index is 0.0143. The number of carboxylic acid groups (broad SMARTS) is 1. The first-order valence-corrected chi connectivity index (χ1v) is 7.71. The highest BCUT2D eigenvalue weighted by Gasteiger charge is 2.25. The van der Waals surface area contributed by atoms with Crippen molar-refractivity contribution in [1.82, 2.24) is 9.71 Å². The summed E-state index contributed by atoms with van der Waals surface area (Å²) in [6.45, 7) is -0.0143. The molecule has 20 heavy (non-hydrogen) atoms. The maximum Gasteiger partial charge on any atom is 0.356 e. The SMILES string of the molecule is O=C(O)c1ncsc1S(=O)(=O)NCc1ccc(O)cc1. The second-order valence-corrected chi connectivity index (χ2v) is 6.60. The zero-order valence-electron chi connectivity index (χ0n) is 9.98.